The lowest BCUT2D eigenvalue weighted by Crippen LogP contribution is -1.99. The second-order valence-corrected chi connectivity index (χ2v) is 4.71. The van der Waals surface area contributed by atoms with Gasteiger partial charge in [-0.1, -0.05) is 6.07 Å². The van der Waals surface area contributed by atoms with E-state index in [1.54, 1.807) is 17.4 Å². The molecule has 1 aromatic carbocycles. The van der Waals surface area contributed by atoms with Crippen molar-refractivity contribution in [2.75, 3.05) is 0 Å². The fourth-order valence-corrected chi connectivity index (χ4v) is 2.34. The molecule has 0 radical (unpaired) electrons. The highest BCUT2D eigenvalue weighted by molar-refractivity contribution is 7.15. The van der Waals surface area contributed by atoms with Gasteiger partial charge < -0.3 is 5.73 Å². The molecule has 1 aromatic heterocycles. The van der Waals surface area contributed by atoms with Gasteiger partial charge in [-0.05, 0) is 36.8 Å². The third-order valence-corrected chi connectivity index (χ3v) is 3.34. The average molecular weight is 221 g/mol. The Labute approximate surface area is 92.4 Å². The van der Waals surface area contributed by atoms with Crippen LogP contribution < -0.4 is 5.73 Å². The molecule has 1 nitrogen and oxygen atoms in total. The number of hydrogen-bond donors (Lipinski definition) is 1. The normalized spacial score (nSPS) is 10.6. The van der Waals surface area contributed by atoms with Crippen LogP contribution >= 0.6 is 11.3 Å². The third kappa shape index (κ3) is 2.08. The SMILES string of the molecule is Cc1ccc(-c2ccc(F)c(CN)c2)s1. The maximum atomic E-state index is 13.2. The first-order valence-corrected chi connectivity index (χ1v) is 5.57. The monoisotopic (exact) mass is 221 g/mol. The summed E-state index contributed by atoms with van der Waals surface area (Å²) in [6, 6.07) is 9.20. The molecule has 0 amide bonds. The summed E-state index contributed by atoms with van der Waals surface area (Å²) in [6.45, 7) is 2.30. The smallest absolute Gasteiger partial charge is 0.127 e. The second-order valence-electron chi connectivity index (χ2n) is 3.42. The van der Waals surface area contributed by atoms with E-state index in [4.69, 9.17) is 5.73 Å². The summed E-state index contributed by atoms with van der Waals surface area (Å²) in [7, 11) is 0. The molecule has 78 valence electrons. The van der Waals surface area contributed by atoms with E-state index in [2.05, 4.69) is 13.0 Å². The van der Waals surface area contributed by atoms with Gasteiger partial charge in [0.25, 0.3) is 0 Å². The zero-order valence-electron chi connectivity index (χ0n) is 8.46. The number of nitrogens with two attached hydrogens (primary N) is 1. The number of benzene rings is 1. The number of rotatable bonds is 2. The topological polar surface area (TPSA) is 26.0 Å². The Morgan fingerprint density at radius 3 is 2.67 bits per heavy atom. The van der Waals surface area contributed by atoms with Crippen LogP contribution in [0.1, 0.15) is 10.4 Å². The zero-order chi connectivity index (χ0) is 10.8. The van der Waals surface area contributed by atoms with Gasteiger partial charge in [-0.2, -0.15) is 0 Å². The van der Waals surface area contributed by atoms with Gasteiger partial charge in [-0.3, -0.25) is 0 Å². The van der Waals surface area contributed by atoms with Crippen molar-refractivity contribution >= 4 is 11.3 Å². The molecule has 0 fully saturated rings. The quantitative estimate of drug-likeness (QED) is 0.827. The van der Waals surface area contributed by atoms with Gasteiger partial charge in [0.1, 0.15) is 5.82 Å². The van der Waals surface area contributed by atoms with E-state index in [1.807, 2.05) is 12.1 Å². The predicted octanol–water partition coefficient (Wildman–Crippen LogP) is 3.32. The van der Waals surface area contributed by atoms with Gasteiger partial charge in [0.15, 0.2) is 0 Å². The Morgan fingerprint density at radius 1 is 1.27 bits per heavy atom. The van der Waals surface area contributed by atoms with Crippen molar-refractivity contribution in [2.24, 2.45) is 5.73 Å². The van der Waals surface area contributed by atoms with Crippen molar-refractivity contribution in [1.29, 1.82) is 0 Å². The van der Waals surface area contributed by atoms with E-state index in [0.29, 0.717) is 5.56 Å². The summed E-state index contributed by atoms with van der Waals surface area (Å²) in [4.78, 5) is 2.41. The Hall–Kier alpha value is -1.19. The molecule has 0 aliphatic heterocycles. The van der Waals surface area contributed by atoms with Gasteiger partial charge in [0.2, 0.25) is 0 Å². The summed E-state index contributed by atoms with van der Waals surface area (Å²) >= 11 is 1.70. The molecular weight excluding hydrogens is 209 g/mol. The van der Waals surface area contributed by atoms with Crippen LogP contribution in [0.3, 0.4) is 0 Å². The van der Waals surface area contributed by atoms with E-state index in [1.165, 1.54) is 10.9 Å². The molecule has 0 bridgehead atoms. The van der Waals surface area contributed by atoms with Crippen LogP contribution in [-0.2, 0) is 6.54 Å². The second kappa shape index (κ2) is 4.13. The number of aryl methyl sites for hydroxylation is 1. The molecular formula is C12H12FNS. The lowest BCUT2D eigenvalue weighted by atomic mass is 10.1. The largest absolute Gasteiger partial charge is 0.326 e. The first kappa shape index (κ1) is 10.3. The van der Waals surface area contributed by atoms with E-state index >= 15 is 0 Å². The molecule has 0 unspecified atom stereocenters. The first-order chi connectivity index (χ1) is 7.20. The molecule has 0 spiro atoms. The van der Waals surface area contributed by atoms with Gasteiger partial charge in [-0.15, -0.1) is 11.3 Å². The molecule has 1 heterocycles. The number of halogens is 1. The minimum absolute atomic E-state index is 0.227. The summed E-state index contributed by atoms with van der Waals surface area (Å²) in [5.41, 5.74) is 7.07. The van der Waals surface area contributed by atoms with Gasteiger partial charge in [-0.25, -0.2) is 4.39 Å². The molecule has 0 saturated carbocycles. The molecule has 3 heteroatoms. The summed E-state index contributed by atoms with van der Waals surface area (Å²) in [5.74, 6) is -0.227. The Morgan fingerprint density at radius 2 is 2.07 bits per heavy atom. The van der Waals surface area contributed by atoms with Gasteiger partial charge in [0, 0.05) is 21.9 Å². The predicted molar refractivity (Wildman–Crippen MR) is 62.3 cm³/mol. The lowest BCUT2D eigenvalue weighted by molar-refractivity contribution is 0.611. The van der Waals surface area contributed by atoms with Crippen molar-refractivity contribution in [3.8, 4) is 10.4 Å². The maximum absolute atomic E-state index is 13.2. The van der Waals surface area contributed by atoms with Crippen LogP contribution in [-0.4, -0.2) is 0 Å². The van der Waals surface area contributed by atoms with Crippen LogP contribution in [0.25, 0.3) is 10.4 Å². The first-order valence-electron chi connectivity index (χ1n) is 4.76. The van der Waals surface area contributed by atoms with Crippen LogP contribution in [0.15, 0.2) is 30.3 Å². The van der Waals surface area contributed by atoms with Crippen LogP contribution in [0.2, 0.25) is 0 Å². The Balaban J connectivity index is 2.45. The van der Waals surface area contributed by atoms with Gasteiger partial charge >= 0.3 is 0 Å². The lowest BCUT2D eigenvalue weighted by Gasteiger charge is -2.02. The molecule has 0 saturated heterocycles. The average Bonchev–Trinajstić information content (AvgIpc) is 2.66. The molecule has 0 aliphatic carbocycles. The molecule has 2 aromatic rings. The summed E-state index contributed by atoms with van der Waals surface area (Å²) in [5, 5.41) is 0. The van der Waals surface area contributed by atoms with Gasteiger partial charge in [0.05, 0.1) is 0 Å². The van der Waals surface area contributed by atoms with Crippen LogP contribution in [0.4, 0.5) is 4.39 Å². The van der Waals surface area contributed by atoms with Crippen molar-refractivity contribution in [3.05, 3.63) is 46.6 Å². The summed E-state index contributed by atoms with van der Waals surface area (Å²) in [6.07, 6.45) is 0. The molecule has 0 aliphatic rings. The molecule has 0 atom stereocenters. The zero-order valence-corrected chi connectivity index (χ0v) is 9.27. The minimum Gasteiger partial charge on any atom is -0.326 e. The highest BCUT2D eigenvalue weighted by Gasteiger charge is 2.05. The maximum Gasteiger partial charge on any atom is 0.127 e. The number of hydrogen-bond acceptors (Lipinski definition) is 2. The molecule has 2 rings (SSSR count). The Bertz CT molecular complexity index is 476. The van der Waals surface area contributed by atoms with E-state index < -0.39 is 0 Å². The fraction of sp³-hybridized carbons (Fsp3) is 0.167. The van der Waals surface area contributed by atoms with Crippen molar-refractivity contribution in [2.45, 2.75) is 13.5 Å². The minimum atomic E-state index is -0.227. The van der Waals surface area contributed by atoms with Crippen molar-refractivity contribution in [1.82, 2.24) is 0 Å². The highest BCUT2D eigenvalue weighted by atomic mass is 32.1. The molecule has 15 heavy (non-hydrogen) atoms. The van der Waals surface area contributed by atoms with Crippen molar-refractivity contribution in [3.63, 3.8) is 0 Å². The Kier molecular flexibility index (Phi) is 2.84. The highest BCUT2D eigenvalue weighted by Crippen LogP contribution is 2.28. The standard InChI is InChI=1S/C12H12FNS/c1-8-2-5-12(15-8)9-3-4-11(13)10(6-9)7-14/h2-6H,7,14H2,1H3. The fourth-order valence-electron chi connectivity index (χ4n) is 1.47. The van der Waals surface area contributed by atoms with Crippen LogP contribution in [0.5, 0.6) is 0 Å². The van der Waals surface area contributed by atoms with E-state index in [9.17, 15) is 4.39 Å². The third-order valence-electron chi connectivity index (χ3n) is 2.29. The molecule has 2 N–H and O–H groups in total. The van der Waals surface area contributed by atoms with E-state index in [-0.39, 0.29) is 12.4 Å². The summed E-state index contributed by atoms with van der Waals surface area (Å²) < 4.78 is 13.2. The number of thiophene rings is 1. The van der Waals surface area contributed by atoms with Crippen molar-refractivity contribution < 1.29 is 4.39 Å². The van der Waals surface area contributed by atoms with Crippen LogP contribution in [0, 0.1) is 12.7 Å². The van der Waals surface area contributed by atoms with E-state index in [0.717, 1.165) is 10.4 Å².